The van der Waals surface area contributed by atoms with Gasteiger partial charge >= 0.3 is 0 Å². The van der Waals surface area contributed by atoms with E-state index >= 15 is 0 Å². The zero-order valence-corrected chi connectivity index (χ0v) is 9.64. The molecule has 2 nitrogen and oxygen atoms in total. The molecule has 1 aliphatic heterocycles. The first-order chi connectivity index (χ1) is 6.68. The van der Waals surface area contributed by atoms with E-state index in [4.69, 9.17) is 16.3 Å². The van der Waals surface area contributed by atoms with E-state index in [1.807, 2.05) is 12.1 Å². The van der Waals surface area contributed by atoms with Crippen molar-refractivity contribution >= 4 is 33.3 Å². The normalized spacial score (nSPS) is 15.9. The summed E-state index contributed by atoms with van der Waals surface area (Å²) in [7, 11) is 0. The molecular weight excluding hydrogens is 267 g/mol. The molecule has 0 N–H and O–H groups in total. The maximum absolute atomic E-state index is 11.5. The first-order valence-corrected chi connectivity index (χ1v) is 5.62. The molecule has 0 amide bonds. The minimum absolute atomic E-state index is 0.110. The van der Waals surface area contributed by atoms with Crippen LogP contribution in [0.1, 0.15) is 15.9 Å². The van der Waals surface area contributed by atoms with E-state index in [0.717, 1.165) is 17.7 Å². The molecule has 0 saturated heterocycles. The number of carbonyl (C=O) groups excluding carboxylic acids is 1. The minimum Gasteiger partial charge on any atom is -0.493 e. The molecule has 14 heavy (non-hydrogen) atoms. The van der Waals surface area contributed by atoms with Crippen LogP contribution in [0.3, 0.4) is 0 Å². The zero-order chi connectivity index (χ0) is 10.1. The summed E-state index contributed by atoms with van der Waals surface area (Å²) < 4.78 is 4.69. The number of Topliss-reactive ketones (excluding diaryl/α,β-unsaturated/α-hetero) is 1. The summed E-state index contributed by atoms with van der Waals surface area (Å²) in [6, 6.07) is 5.41. The lowest BCUT2D eigenvalue weighted by molar-refractivity contribution is 0.101. The van der Waals surface area contributed by atoms with Crippen LogP contribution in [0.5, 0.6) is 5.75 Å². The van der Waals surface area contributed by atoms with Crippen molar-refractivity contribution in [1.82, 2.24) is 0 Å². The molecule has 0 aromatic heterocycles. The highest BCUT2D eigenvalue weighted by Gasteiger charge is 2.18. The van der Waals surface area contributed by atoms with Crippen molar-refractivity contribution < 1.29 is 9.53 Å². The summed E-state index contributed by atoms with van der Waals surface area (Å²) in [5.74, 6) is 0.767. The lowest BCUT2D eigenvalue weighted by Crippen LogP contribution is -2.07. The smallest absolute Gasteiger partial charge is 0.191 e. The van der Waals surface area contributed by atoms with Gasteiger partial charge in [-0.05, 0) is 23.8 Å². The minimum atomic E-state index is -0.650. The van der Waals surface area contributed by atoms with Crippen LogP contribution in [0.4, 0.5) is 0 Å². The number of hydrogen-bond acceptors (Lipinski definition) is 2. The summed E-state index contributed by atoms with van der Waals surface area (Å²) in [6.07, 6.45) is 0.867. The maximum Gasteiger partial charge on any atom is 0.191 e. The Morgan fingerprint density at radius 2 is 2.36 bits per heavy atom. The number of alkyl halides is 2. The van der Waals surface area contributed by atoms with E-state index in [-0.39, 0.29) is 5.78 Å². The second kappa shape index (κ2) is 3.91. The number of ether oxygens (including phenoxy) is 1. The van der Waals surface area contributed by atoms with Crippen molar-refractivity contribution in [3.63, 3.8) is 0 Å². The van der Waals surface area contributed by atoms with Gasteiger partial charge in [-0.1, -0.05) is 15.9 Å². The van der Waals surface area contributed by atoms with E-state index < -0.39 is 4.29 Å². The second-order valence-corrected chi connectivity index (χ2v) is 4.97. The third-order valence-electron chi connectivity index (χ3n) is 2.17. The summed E-state index contributed by atoms with van der Waals surface area (Å²) >= 11 is 8.69. The highest BCUT2D eigenvalue weighted by Crippen LogP contribution is 2.27. The fourth-order valence-corrected chi connectivity index (χ4v) is 1.86. The number of halogens is 2. The molecule has 0 fully saturated rings. The molecule has 0 aliphatic carbocycles. The molecule has 0 saturated carbocycles. The number of ketones is 1. The molecule has 1 atom stereocenters. The van der Waals surface area contributed by atoms with Crippen LogP contribution in [0.2, 0.25) is 0 Å². The van der Waals surface area contributed by atoms with Crippen molar-refractivity contribution in [3.05, 3.63) is 29.3 Å². The number of carbonyl (C=O) groups is 1. The molecule has 0 radical (unpaired) electrons. The topological polar surface area (TPSA) is 26.3 Å². The van der Waals surface area contributed by atoms with Crippen molar-refractivity contribution in [2.24, 2.45) is 0 Å². The largest absolute Gasteiger partial charge is 0.493 e. The molecule has 1 aromatic rings. The summed E-state index contributed by atoms with van der Waals surface area (Å²) in [5, 5.41) is 0. The first-order valence-electron chi connectivity index (χ1n) is 4.26. The fourth-order valence-electron chi connectivity index (χ4n) is 1.47. The highest BCUT2D eigenvalue weighted by atomic mass is 79.9. The van der Waals surface area contributed by atoms with Crippen LogP contribution >= 0.6 is 27.5 Å². The average Bonchev–Trinajstić information content (AvgIpc) is 2.62. The van der Waals surface area contributed by atoms with E-state index in [0.29, 0.717) is 12.2 Å². The molecule has 1 unspecified atom stereocenters. The molecule has 1 heterocycles. The Kier molecular flexibility index (Phi) is 2.79. The SMILES string of the molecule is O=C(c1ccc2c(c1)CCO2)C(Cl)Br. The molecule has 0 spiro atoms. The average molecular weight is 276 g/mol. The fraction of sp³-hybridized carbons (Fsp3) is 0.300. The highest BCUT2D eigenvalue weighted by molar-refractivity contribution is 9.10. The van der Waals surface area contributed by atoms with Gasteiger partial charge in [-0.25, -0.2) is 0 Å². The number of rotatable bonds is 2. The van der Waals surface area contributed by atoms with E-state index in [9.17, 15) is 4.79 Å². The van der Waals surface area contributed by atoms with E-state index in [2.05, 4.69) is 15.9 Å². The van der Waals surface area contributed by atoms with E-state index in [1.165, 1.54) is 0 Å². The lowest BCUT2D eigenvalue weighted by Gasteiger charge is -2.03. The summed E-state index contributed by atoms with van der Waals surface area (Å²) in [5.41, 5.74) is 1.71. The number of hydrogen-bond donors (Lipinski definition) is 0. The van der Waals surface area contributed by atoms with Crippen LogP contribution in [-0.2, 0) is 6.42 Å². The quantitative estimate of drug-likeness (QED) is 0.613. The van der Waals surface area contributed by atoms with Crippen molar-refractivity contribution in [1.29, 1.82) is 0 Å². The third-order valence-corrected chi connectivity index (χ3v) is 2.79. The summed E-state index contributed by atoms with van der Waals surface area (Å²) in [4.78, 5) is 11.5. The molecule has 74 valence electrons. The van der Waals surface area contributed by atoms with E-state index in [1.54, 1.807) is 6.07 Å². The Morgan fingerprint density at radius 1 is 1.57 bits per heavy atom. The van der Waals surface area contributed by atoms with Gasteiger partial charge in [0.2, 0.25) is 0 Å². The van der Waals surface area contributed by atoms with Gasteiger partial charge in [0.25, 0.3) is 0 Å². The Hall–Kier alpha value is -0.540. The molecule has 0 bridgehead atoms. The van der Waals surface area contributed by atoms with Gasteiger partial charge in [0.1, 0.15) is 5.75 Å². The van der Waals surface area contributed by atoms with Crippen LogP contribution in [-0.4, -0.2) is 16.7 Å². The van der Waals surface area contributed by atoms with Gasteiger partial charge in [0.15, 0.2) is 10.1 Å². The molecule has 1 aliphatic rings. The van der Waals surface area contributed by atoms with Gasteiger partial charge in [0.05, 0.1) is 6.61 Å². The van der Waals surface area contributed by atoms with Crippen molar-refractivity contribution in [2.75, 3.05) is 6.61 Å². The predicted octanol–water partition coefficient (Wildman–Crippen LogP) is 2.76. The van der Waals surface area contributed by atoms with Crippen LogP contribution < -0.4 is 4.74 Å². The monoisotopic (exact) mass is 274 g/mol. The number of benzene rings is 1. The lowest BCUT2D eigenvalue weighted by atomic mass is 10.1. The Labute approximate surface area is 95.3 Å². The van der Waals surface area contributed by atoms with Crippen molar-refractivity contribution in [3.8, 4) is 5.75 Å². The van der Waals surface area contributed by atoms with Crippen molar-refractivity contribution in [2.45, 2.75) is 10.7 Å². The van der Waals surface area contributed by atoms with Gasteiger partial charge in [0, 0.05) is 12.0 Å². The Morgan fingerprint density at radius 3 is 3.07 bits per heavy atom. The van der Waals surface area contributed by atoms with Crippen LogP contribution in [0.15, 0.2) is 18.2 Å². The van der Waals surface area contributed by atoms with Gasteiger partial charge in [-0.3, -0.25) is 4.79 Å². The second-order valence-electron chi connectivity index (χ2n) is 3.09. The molecule has 1 aromatic carbocycles. The zero-order valence-electron chi connectivity index (χ0n) is 7.30. The van der Waals surface area contributed by atoms with Gasteiger partial charge in [-0.15, -0.1) is 11.6 Å². The Bertz CT molecular complexity index is 376. The Balaban J connectivity index is 2.33. The number of fused-ring (bicyclic) bond motifs is 1. The molecule has 2 rings (SSSR count). The predicted molar refractivity (Wildman–Crippen MR) is 58.5 cm³/mol. The standard InChI is InChI=1S/C10H8BrClO2/c11-10(12)9(13)7-1-2-8-6(5-7)3-4-14-8/h1-2,5,10H,3-4H2. The van der Waals surface area contributed by atoms with Crippen LogP contribution in [0, 0.1) is 0 Å². The van der Waals surface area contributed by atoms with Crippen LogP contribution in [0.25, 0.3) is 0 Å². The molecular formula is C10H8BrClO2. The third kappa shape index (κ3) is 1.79. The summed E-state index contributed by atoms with van der Waals surface area (Å²) in [6.45, 7) is 0.700. The van der Waals surface area contributed by atoms with Gasteiger partial charge in [-0.2, -0.15) is 0 Å². The molecule has 4 heteroatoms. The first kappa shape index (κ1) is 9.99. The van der Waals surface area contributed by atoms with Gasteiger partial charge < -0.3 is 4.74 Å². The maximum atomic E-state index is 11.5.